The predicted octanol–water partition coefficient (Wildman–Crippen LogP) is -0.860. The van der Waals surface area contributed by atoms with Gasteiger partial charge in [0, 0.05) is 19.6 Å². The monoisotopic (exact) mass is 276 g/mol. The molecule has 2 saturated heterocycles. The summed E-state index contributed by atoms with van der Waals surface area (Å²) in [5.41, 5.74) is 5.52. The first-order chi connectivity index (χ1) is 8.54. The quantitative estimate of drug-likeness (QED) is 0.709. The molecule has 0 radical (unpaired) electrons. The Morgan fingerprint density at radius 3 is 2.83 bits per heavy atom. The zero-order valence-corrected chi connectivity index (χ0v) is 11.2. The van der Waals surface area contributed by atoms with Crippen LogP contribution in [-0.2, 0) is 19.4 Å². The highest BCUT2D eigenvalue weighted by Crippen LogP contribution is 2.22. The lowest BCUT2D eigenvalue weighted by Crippen LogP contribution is -2.53. The van der Waals surface area contributed by atoms with Crippen LogP contribution >= 0.6 is 0 Å². The second-order valence-corrected chi connectivity index (χ2v) is 7.17. The number of ether oxygens (including phenoxy) is 1. The maximum absolute atomic E-state index is 12.3. The molecule has 0 bridgehead atoms. The molecule has 2 N–H and O–H groups in total. The molecule has 0 aromatic carbocycles. The molecule has 2 heterocycles. The Balaban J connectivity index is 2.06. The highest BCUT2D eigenvalue weighted by molar-refractivity contribution is 7.92. The molecule has 7 heteroatoms. The van der Waals surface area contributed by atoms with E-state index < -0.39 is 15.1 Å². The average molecular weight is 276 g/mol. The van der Waals surface area contributed by atoms with Crippen LogP contribution in [0.1, 0.15) is 19.3 Å². The van der Waals surface area contributed by atoms with Gasteiger partial charge in [-0.3, -0.25) is 4.79 Å². The first-order valence-electron chi connectivity index (χ1n) is 6.36. The second kappa shape index (κ2) is 5.54. The van der Waals surface area contributed by atoms with E-state index in [0.29, 0.717) is 39.1 Å². The molecule has 2 unspecified atom stereocenters. The Labute approximate surface area is 107 Å². The number of carbonyl (C=O) groups excluding carboxylic acids is 1. The standard InChI is InChI=1S/C11H20N2O4S/c12-7-9-8-13(4-5-17-9)11(14)10-3-1-2-6-18(10,15)16/h9-10H,1-8,12H2. The molecule has 0 aromatic rings. The van der Waals surface area contributed by atoms with Crippen LogP contribution in [0.4, 0.5) is 0 Å². The number of carbonyl (C=O) groups is 1. The number of hydrogen-bond acceptors (Lipinski definition) is 5. The number of morpholine rings is 1. The van der Waals surface area contributed by atoms with Crippen molar-refractivity contribution in [2.45, 2.75) is 30.6 Å². The van der Waals surface area contributed by atoms with Crippen LogP contribution in [0.2, 0.25) is 0 Å². The van der Waals surface area contributed by atoms with Gasteiger partial charge in [-0.2, -0.15) is 0 Å². The minimum Gasteiger partial charge on any atom is -0.373 e. The van der Waals surface area contributed by atoms with E-state index in [0.717, 1.165) is 6.42 Å². The molecule has 0 saturated carbocycles. The third kappa shape index (κ3) is 2.84. The fourth-order valence-corrected chi connectivity index (χ4v) is 4.37. The summed E-state index contributed by atoms with van der Waals surface area (Å²) in [5, 5.41) is -0.845. The summed E-state index contributed by atoms with van der Waals surface area (Å²) >= 11 is 0. The number of nitrogens with two attached hydrogens (primary N) is 1. The van der Waals surface area contributed by atoms with Gasteiger partial charge in [0.2, 0.25) is 5.91 Å². The highest BCUT2D eigenvalue weighted by Gasteiger charge is 2.38. The lowest BCUT2D eigenvalue weighted by molar-refractivity contribution is -0.138. The van der Waals surface area contributed by atoms with Crippen molar-refractivity contribution in [1.82, 2.24) is 4.90 Å². The number of rotatable bonds is 2. The van der Waals surface area contributed by atoms with Crippen LogP contribution in [0.5, 0.6) is 0 Å². The second-order valence-electron chi connectivity index (χ2n) is 4.86. The number of nitrogens with zero attached hydrogens (tertiary/aromatic N) is 1. The van der Waals surface area contributed by atoms with Crippen LogP contribution in [0.25, 0.3) is 0 Å². The topological polar surface area (TPSA) is 89.7 Å². The third-order valence-electron chi connectivity index (χ3n) is 3.57. The van der Waals surface area contributed by atoms with Crippen molar-refractivity contribution < 1.29 is 17.9 Å². The van der Waals surface area contributed by atoms with Crippen molar-refractivity contribution in [2.75, 3.05) is 32.0 Å². The molecule has 104 valence electrons. The van der Waals surface area contributed by atoms with Gasteiger partial charge in [0.25, 0.3) is 0 Å². The van der Waals surface area contributed by atoms with Crippen LogP contribution < -0.4 is 5.73 Å². The fraction of sp³-hybridized carbons (Fsp3) is 0.909. The highest BCUT2D eigenvalue weighted by atomic mass is 32.2. The lowest BCUT2D eigenvalue weighted by Gasteiger charge is -2.35. The average Bonchev–Trinajstić information content (AvgIpc) is 2.37. The molecule has 0 aliphatic carbocycles. The molecule has 18 heavy (non-hydrogen) atoms. The van der Waals surface area contributed by atoms with E-state index in [2.05, 4.69) is 0 Å². The van der Waals surface area contributed by atoms with Gasteiger partial charge in [-0.1, -0.05) is 6.42 Å². The SMILES string of the molecule is NCC1CN(C(=O)C2CCCCS2(=O)=O)CCO1. The molecule has 2 atom stereocenters. The smallest absolute Gasteiger partial charge is 0.241 e. The Morgan fingerprint density at radius 2 is 2.17 bits per heavy atom. The van der Waals surface area contributed by atoms with E-state index in [1.54, 1.807) is 4.90 Å². The molecule has 2 fully saturated rings. The Bertz CT molecular complexity index is 409. The third-order valence-corrected chi connectivity index (χ3v) is 5.73. The summed E-state index contributed by atoms with van der Waals surface area (Å²) < 4.78 is 29.2. The van der Waals surface area contributed by atoms with Crippen LogP contribution in [-0.4, -0.2) is 62.6 Å². The molecular formula is C11H20N2O4S. The summed E-state index contributed by atoms with van der Waals surface area (Å²) in [7, 11) is -3.26. The fourth-order valence-electron chi connectivity index (χ4n) is 2.50. The van der Waals surface area contributed by atoms with Gasteiger partial charge >= 0.3 is 0 Å². The summed E-state index contributed by atoms with van der Waals surface area (Å²) in [6, 6.07) is 0. The van der Waals surface area contributed by atoms with Gasteiger partial charge in [0.15, 0.2) is 9.84 Å². The van der Waals surface area contributed by atoms with Crippen molar-refractivity contribution in [3.05, 3.63) is 0 Å². The Morgan fingerprint density at radius 1 is 1.39 bits per heavy atom. The Hall–Kier alpha value is -0.660. The van der Waals surface area contributed by atoms with Crippen molar-refractivity contribution in [1.29, 1.82) is 0 Å². The van der Waals surface area contributed by atoms with E-state index in [4.69, 9.17) is 10.5 Å². The van der Waals surface area contributed by atoms with Gasteiger partial charge in [0.1, 0.15) is 5.25 Å². The predicted molar refractivity (Wildman–Crippen MR) is 66.8 cm³/mol. The molecular weight excluding hydrogens is 256 g/mol. The number of amides is 1. The zero-order valence-electron chi connectivity index (χ0n) is 10.4. The van der Waals surface area contributed by atoms with Crippen molar-refractivity contribution >= 4 is 15.7 Å². The van der Waals surface area contributed by atoms with E-state index >= 15 is 0 Å². The molecule has 0 spiro atoms. The Kier molecular flexibility index (Phi) is 4.24. The first kappa shape index (κ1) is 13.8. The largest absolute Gasteiger partial charge is 0.373 e. The van der Waals surface area contributed by atoms with Crippen LogP contribution in [0.3, 0.4) is 0 Å². The van der Waals surface area contributed by atoms with Gasteiger partial charge in [-0.05, 0) is 12.8 Å². The molecule has 6 nitrogen and oxygen atoms in total. The van der Waals surface area contributed by atoms with Crippen LogP contribution in [0.15, 0.2) is 0 Å². The molecule has 2 aliphatic rings. The molecule has 2 aliphatic heterocycles. The zero-order chi connectivity index (χ0) is 13.2. The summed E-state index contributed by atoms with van der Waals surface area (Å²) in [6.45, 7) is 1.64. The summed E-state index contributed by atoms with van der Waals surface area (Å²) in [6.07, 6.45) is 1.75. The maximum atomic E-state index is 12.3. The molecule has 1 amide bonds. The van der Waals surface area contributed by atoms with Gasteiger partial charge in [0.05, 0.1) is 18.5 Å². The normalized spacial score (nSPS) is 32.2. The minimum atomic E-state index is -3.26. The van der Waals surface area contributed by atoms with Gasteiger partial charge in [-0.25, -0.2) is 8.42 Å². The van der Waals surface area contributed by atoms with E-state index in [1.165, 1.54) is 0 Å². The van der Waals surface area contributed by atoms with E-state index in [1.807, 2.05) is 0 Å². The maximum Gasteiger partial charge on any atom is 0.241 e. The molecule has 2 rings (SSSR count). The van der Waals surface area contributed by atoms with Crippen molar-refractivity contribution in [2.24, 2.45) is 5.73 Å². The summed E-state index contributed by atoms with van der Waals surface area (Å²) in [4.78, 5) is 13.9. The lowest BCUT2D eigenvalue weighted by atomic mass is 10.1. The van der Waals surface area contributed by atoms with Crippen LogP contribution in [0, 0.1) is 0 Å². The van der Waals surface area contributed by atoms with Crippen molar-refractivity contribution in [3.63, 3.8) is 0 Å². The molecule has 0 aromatic heterocycles. The first-order valence-corrected chi connectivity index (χ1v) is 8.08. The van der Waals surface area contributed by atoms with E-state index in [-0.39, 0.29) is 17.8 Å². The van der Waals surface area contributed by atoms with Crippen molar-refractivity contribution in [3.8, 4) is 0 Å². The summed E-state index contributed by atoms with van der Waals surface area (Å²) in [5.74, 6) is -0.134. The van der Waals surface area contributed by atoms with Gasteiger partial charge < -0.3 is 15.4 Å². The minimum absolute atomic E-state index is 0.133. The number of hydrogen-bond donors (Lipinski definition) is 1. The van der Waals surface area contributed by atoms with E-state index in [9.17, 15) is 13.2 Å². The van der Waals surface area contributed by atoms with Gasteiger partial charge in [-0.15, -0.1) is 0 Å². The number of sulfone groups is 1.